The monoisotopic (exact) mass is 494 g/mol. The van der Waals surface area contributed by atoms with Crippen molar-refractivity contribution in [2.75, 3.05) is 11.9 Å². The minimum atomic E-state index is -3.10. The highest BCUT2D eigenvalue weighted by atomic mass is 19.3. The third kappa shape index (κ3) is 5.38. The van der Waals surface area contributed by atoms with Gasteiger partial charge in [-0.3, -0.25) is 19.3 Å². The Morgan fingerprint density at radius 2 is 1.42 bits per heavy atom. The van der Waals surface area contributed by atoms with E-state index in [1.54, 1.807) is 42.5 Å². The number of esters is 1. The zero-order chi connectivity index (χ0) is 25.7. The second-order valence-corrected chi connectivity index (χ2v) is 7.76. The van der Waals surface area contributed by atoms with Crippen molar-refractivity contribution in [3.63, 3.8) is 0 Å². The van der Waals surface area contributed by atoms with Crippen molar-refractivity contribution >= 4 is 29.4 Å². The second kappa shape index (κ2) is 10.8. The first-order valence-corrected chi connectivity index (χ1v) is 10.9. The average Bonchev–Trinajstić information content (AvgIpc) is 3.12. The molecule has 1 heterocycles. The normalized spacial score (nSPS) is 13.4. The number of fused-ring (bicyclic) bond motifs is 1. The lowest BCUT2D eigenvalue weighted by Crippen LogP contribution is -2.47. The molecule has 0 aliphatic carbocycles. The lowest BCUT2D eigenvalue weighted by atomic mass is 10.0. The van der Waals surface area contributed by atoms with Gasteiger partial charge in [-0.05, 0) is 29.8 Å². The van der Waals surface area contributed by atoms with Gasteiger partial charge in [-0.1, -0.05) is 54.6 Å². The summed E-state index contributed by atoms with van der Waals surface area (Å²) in [5.74, 6) is -3.35. The highest BCUT2D eigenvalue weighted by molar-refractivity contribution is 6.22. The largest absolute Gasteiger partial charge is 0.454 e. The fourth-order valence-electron chi connectivity index (χ4n) is 3.80. The number of para-hydroxylation sites is 2. The van der Waals surface area contributed by atoms with Crippen molar-refractivity contribution in [1.29, 1.82) is 0 Å². The maximum absolute atomic E-state index is 13.1. The Kier molecular flexibility index (Phi) is 7.33. The van der Waals surface area contributed by atoms with Crippen LogP contribution in [0.25, 0.3) is 0 Å². The molecule has 0 bridgehead atoms. The summed E-state index contributed by atoms with van der Waals surface area (Å²) >= 11 is 0. The number of carbonyl (C=O) groups excluding carboxylic acids is 4. The van der Waals surface area contributed by atoms with Crippen LogP contribution in [0.2, 0.25) is 0 Å². The van der Waals surface area contributed by atoms with Crippen molar-refractivity contribution in [2.24, 2.45) is 0 Å². The van der Waals surface area contributed by atoms with E-state index in [4.69, 9.17) is 4.74 Å². The molecule has 0 spiro atoms. The molecule has 3 aromatic carbocycles. The van der Waals surface area contributed by atoms with E-state index in [-0.39, 0.29) is 29.0 Å². The van der Waals surface area contributed by atoms with Crippen molar-refractivity contribution in [1.82, 2.24) is 4.90 Å². The zero-order valence-electron chi connectivity index (χ0n) is 18.7. The van der Waals surface area contributed by atoms with Gasteiger partial charge in [-0.2, -0.15) is 8.78 Å². The summed E-state index contributed by atoms with van der Waals surface area (Å²) in [6.45, 7) is -3.88. The number of carbonyl (C=O) groups is 4. The highest BCUT2D eigenvalue weighted by Crippen LogP contribution is 2.27. The molecule has 10 heteroatoms. The molecule has 3 aromatic rings. The molecule has 0 fully saturated rings. The number of ether oxygens (including phenoxy) is 2. The first-order chi connectivity index (χ1) is 17.3. The van der Waals surface area contributed by atoms with Crippen LogP contribution < -0.4 is 10.1 Å². The average molecular weight is 494 g/mol. The SMILES string of the molecule is O=C(COC(=O)[C@@H](Cc1ccccc1)N1C(=O)c2ccccc2C1=O)Nc1ccccc1OC(F)F. The number of anilines is 1. The maximum Gasteiger partial charge on any atom is 0.387 e. The molecule has 1 atom stereocenters. The summed E-state index contributed by atoms with van der Waals surface area (Å²) in [4.78, 5) is 52.3. The Labute approximate surface area is 204 Å². The first-order valence-electron chi connectivity index (χ1n) is 10.9. The van der Waals surface area contributed by atoms with Crippen LogP contribution in [-0.4, -0.2) is 47.9 Å². The molecule has 184 valence electrons. The summed E-state index contributed by atoms with van der Waals surface area (Å²) in [5.41, 5.74) is 0.960. The van der Waals surface area contributed by atoms with Crippen molar-refractivity contribution in [3.05, 3.63) is 95.6 Å². The van der Waals surface area contributed by atoms with E-state index >= 15 is 0 Å². The Morgan fingerprint density at radius 3 is 2.06 bits per heavy atom. The Bertz CT molecular complexity index is 1260. The molecule has 1 aliphatic heterocycles. The van der Waals surface area contributed by atoms with Gasteiger partial charge in [-0.25, -0.2) is 4.79 Å². The third-order valence-corrected chi connectivity index (χ3v) is 5.40. The number of hydrogen-bond acceptors (Lipinski definition) is 6. The maximum atomic E-state index is 13.1. The van der Waals surface area contributed by atoms with Gasteiger partial charge in [0.2, 0.25) is 0 Å². The predicted octanol–water partition coefficient (Wildman–Crippen LogP) is 3.68. The Morgan fingerprint density at radius 1 is 0.833 bits per heavy atom. The van der Waals surface area contributed by atoms with Crippen LogP contribution >= 0.6 is 0 Å². The lowest BCUT2D eigenvalue weighted by molar-refractivity contribution is -0.151. The molecule has 8 nitrogen and oxygen atoms in total. The summed E-state index contributed by atoms with van der Waals surface area (Å²) in [5, 5.41) is 2.34. The van der Waals surface area contributed by atoms with Crippen molar-refractivity contribution in [2.45, 2.75) is 19.1 Å². The summed E-state index contributed by atoms with van der Waals surface area (Å²) < 4.78 is 34.7. The molecular formula is C26H20F2N2O6. The minimum Gasteiger partial charge on any atom is -0.454 e. The molecule has 0 saturated heterocycles. The summed E-state index contributed by atoms with van der Waals surface area (Å²) in [7, 11) is 0. The summed E-state index contributed by atoms with van der Waals surface area (Å²) in [6.07, 6.45) is -0.0299. The van der Waals surface area contributed by atoms with Crippen molar-refractivity contribution in [3.8, 4) is 5.75 Å². The number of imide groups is 1. The Hall–Kier alpha value is -4.60. The second-order valence-electron chi connectivity index (χ2n) is 7.76. The van der Waals surface area contributed by atoms with E-state index in [1.807, 2.05) is 0 Å². The smallest absolute Gasteiger partial charge is 0.387 e. The Balaban J connectivity index is 1.49. The number of rotatable bonds is 9. The standard InChI is InChI=1S/C26H20F2N2O6/c27-26(28)36-21-13-7-6-12-19(21)29-22(31)15-35-25(34)20(14-16-8-2-1-3-9-16)30-23(32)17-10-4-5-11-18(17)24(30)33/h1-13,20,26H,14-15H2,(H,29,31)/t20-/m1/s1. The molecule has 1 N–H and O–H groups in total. The molecule has 0 unspecified atom stereocenters. The number of nitrogens with zero attached hydrogens (tertiary/aromatic N) is 1. The van der Waals surface area contributed by atoms with Crippen LogP contribution in [0.3, 0.4) is 0 Å². The van der Waals surface area contributed by atoms with E-state index in [0.717, 1.165) is 4.90 Å². The predicted molar refractivity (Wildman–Crippen MR) is 124 cm³/mol. The molecule has 0 saturated carbocycles. The first kappa shape index (κ1) is 24.5. The number of nitrogens with one attached hydrogen (secondary N) is 1. The zero-order valence-corrected chi connectivity index (χ0v) is 18.7. The van der Waals surface area contributed by atoms with E-state index in [0.29, 0.717) is 5.56 Å². The number of amides is 3. The lowest BCUT2D eigenvalue weighted by Gasteiger charge is -2.24. The van der Waals surface area contributed by atoms with Gasteiger partial charge >= 0.3 is 12.6 Å². The molecule has 4 rings (SSSR count). The number of hydrogen-bond donors (Lipinski definition) is 1. The molecule has 36 heavy (non-hydrogen) atoms. The molecule has 0 radical (unpaired) electrons. The van der Waals surface area contributed by atoms with Gasteiger partial charge in [-0.15, -0.1) is 0 Å². The molecule has 3 amide bonds. The minimum absolute atomic E-state index is 0.0299. The fourth-order valence-corrected chi connectivity index (χ4v) is 3.80. The fraction of sp³-hybridized carbons (Fsp3) is 0.154. The van der Waals surface area contributed by atoms with Gasteiger partial charge in [0, 0.05) is 6.42 Å². The van der Waals surface area contributed by atoms with Crippen LogP contribution in [0.1, 0.15) is 26.3 Å². The van der Waals surface area contributed by atoms with Gasteiger partial charge in [0.15, 0.2) is 6.61 Å². The molecule has 1 aliphatic rings. The van der Waals surface area contributed by atoms with E-state index in [1.165, 1.54) is 36.4 Å². The number of halogens is 2. The van der Waals surface area contributed by atoms with Crippen molar-refractivity contribution < 1.29 is 37.4 Å². The van der Waals surface area contributed by atoms with Crippen LogP contribution in [0.4, 0.5) is 14.5 Å². The quantitative estimate of drug-likeness (QED) is 0.360. The molecule has 0 aromatic heterocycles. The van der Waals surface area contributed by atoms with E-state index < -0.39 is 43.0 Å². The van der Waals surface area contributed by atoms with E-state index in [2.05, 4.69) is 10.1 Å². The third-order valence-electron chi connectivity index (χ3n) is 5.40. The summed E-state index contributed by atoms with van der Waals surface area (Å²) in [6, 6.07) is 19.1. The van der Waals surface area contributed by atoms with Gasteiger partial charge in [0.25, 0.3) is 17.7 Å². The van der Waals surface area contributed by atoms with Gasteiger partial charge in [0.05, 0.1) is 16.8 Å². The highest BCUT2D eigenvalue weighted by Gasteiger charge is 2.43. The molecular weight excluding hydrogens is 474 g/mol. The number of benzene rings is 3. The number of alkyl halides is 2. The van der Waals surface area contributed by atoms with Crippen LogP contribution in [-0.2, 0) is 20.7 Å². The van der Waals surface area contributed by atoms with Crippen LogP contribution in [0.15, 0.2) is 78.9 Å². The van der Waals surface area contributed by atoms with Gasteiger partial charge in [0.1, 0.15) is 11.8 Å². The van der Waals surface area contributed by atoms with Gasteiger partial charge < -0.3 is 14.8 Å². The van der Waals surface area contributed by atoms with Crippen LogP contribution in [0, 0.1) is 0 Å². The van der Waals surface area contributed by atoms with Crippen LogP contribution in [0.5, 0.6) is 5.75 Å². The van der Waals surface area contributed by atoms with E-state index in [9.17, 15) is 28.0 Å². The topological polar surface area (TPSA) is 102 Å².